The number of benzene rings is 1. The third-order valence-corrected chi connectivity index (χ3v) is 6.43. The van der Waals surface area contributed by atoms with E-state index in [1.165, 1.54) is 7.11 Å². The fourth-order valence-electron chi connectivity index (χ4n) is 4.19. The maximum atomic E-state index is 13.0. The Morgan fingerprint density at radius 1 is 1.07 bits per heavy atom. The van der Waals surface area contributed by atoms with E-state index in [9.17, 15) is 9.59 Å². The number of rotatable bonds is 6. The molecule has 0 radical (unpaired) electrons. The standard InChI is InChI=1S/C23H33ClN2O4/c1-4-13-30-21-19(24)14-18(15-20(21)29-3)23(28)26-11-7-17(8-12-26)22(27)25-9-5-16(2)6-10-25/h14-17H,4-13H2,1-3H3. The van der Waals surface area contributed by atoms with Crippen LogP contribution in [0.2, 0.25) is 5.02 Å². The summed E-state index contributed by atoms with van der Waals surface area (Å²) in [6.07, 6.45) is 4.44. The zero-order valence-electron chi connectivity index (χ0n) is 18.3. The van der Waals surface area contributed by atoms with Crippen LogP contribution in [0.3, 0.4) is 0 Å². The summed E-state index contributed by atoms with van der Waals surface area (Å²) >= 11 is 6.37. The highest BCUT2D eigenvalue weighted by atomic mass is 35.5. The summed E-state index contributed by atoms with van der Waals surface area (Å²) in [5.74, 6) is 1.83. The normalized spacial score (nSPS) is 18.4. The van der Waals surface area contributed by atoms with Crippen molar-refractivity contribution in [3.05, 3.63) is 22.7 Å². The number of likely N-dealkylation sites (tertiary alicyclic amines) is 2. The van der Waals surface area contributed by atoms with Gasteiger partial charge < -0.3 is 19.3 Å². The number of piperidine rings is 2. The lowest BCUT2D eigenvalue weighted by Gasteiger charge is -2.36. The van der Waals surface area contributed by atoms with Gasteiger partial charge in [0.05, 0.1) is 18.7 Å². The summed E-state index contributed by atoms with van der Waals surface area (Å²) < 4.78 is 11.1. The van der Waals surface area contributed by atoms with Gasteiger partial charge in [0.1, 0.15) is 0 Å². The molecule has 6 nitrogen and oxygen atoms in total. The molecule has 2 heterocycles. The van der Waals surface area contributed by atoms with Gasteiger partial charge >= 0.3 is 0 Å². The van der Waals surface area contributed by atoms with Crippen LogP contribution in [0.15, 0.2) is 12.1 Å². The Morgan fingerprint density at radius 2 is 1.70 bits per heavy atom. The first-order valence-electron chi connectivity index (χ1n) is 11.0. The van der Waals surface area contributed by atoms with Gasteiger partial charge in [-0.3, -0.25) is 9.59 Å². The molecule has 0 N–H and O–H groups in total. The minimum Gasteiger partial charge on any atom is -0.493 e. The van der Waals surface area contributed by atoms with Gasteiger partial charge in [-0.15, -0.1) is 0 Å². The molecule has 1 aromatic rings. The smallest absolute Gasteiger partial charge is 0.254 e. The zero-order chi connectivity index (χ0) is 21.7. The van der Waals surface area contributed by atoms with E-state index in [1.807, 2.05) is 11.8 Å². The average Bonchev–Trinajstić information content (AvgIpc) is 2.77. The van der Waals surface area contributed by atoms with Crippen molar-refractivity contribution in [3.8, 4) is 11.5 Å². The maximum absolute atomic E-state index is 13.0. The molecule has 0 aromatic heterocycles. The molecule has 0 unspecified atom stereocenters. The van der Waals surface area contributed by atoms with Crippen LogP contribution < -0.4 is 9.47 Å². The van der Waals surface area contributed by atoms with Gasteiger partial charge in [-0.05, 0) is 50.2 Å². The number of methoxy groups -OCH3 is 1. The zero-order valence-corrected chi connectivity index (χ0v) is 19.0. The number of carbonyl (C=O) groups excluding carboxylic acids is 2. The minimum atomic E-state index is -0.0880. The third kappa shape index (κ3) is 5.20. The molecule has 1 aromatic carbocycles. The van der Waals surface area contributed by atoms with Crippen LogP contribution in [0.4, 0.5) is 0 Å². The van der Waals surface area contributed by atoms with Gasteiger partial charge in [-0.1, -0.05) is 25.4 Å². The highest BCUT2D eigenvalue weighted by Gasteiger charge is 2.32. The Bertz CT molecular complexity index is 754. The summed E-state index contributed by atoms with van der Waals surface area (Å²) in [4.78, 5) is 29.7. The van der Waals surface area contributed by atoms with Gasteiger partial charge in [0, 0.05) is 37.7 Å². The van der Waals surface area contributed by atoms with Crippen molar-refractivity contribution < 1.29 is 19.1 Å². The highest BCUT2D eigenvalue weighted by molar-refractivity contribution is 6.32. The molecule has 2 fully saturated rings. The maximum Gasteiger partial charge on any atom is 0.254 e. The topological polar surface area (TPSA) is 59.1 Å². The lowest BCUT2D eigenvalue weighted by Crippen LogP contribution is -2.46. The second-order valence-corrected chi connectivity index (χ2v) is 8.82. The van der Waals surface area contributed by atoms with Gasteiger partial charge in [0.2, 0.25) is 5.91 Å². The quantitative estimate of drug-likeness (QED) is 0.668. The van der Waals surface area contributed by atoms with Crippen molar-refractivity contribution in [1.29, 1.82) is 0 Å². The fraction of sp³-hybridized carbons (Fsp3) is 0.652. The monoisotopic (exact) mass is 436 g/mol. The van der Waals surface area contributed by atoms with Crippen LogP contribution in [0, 0.1) is 11.8 Å². The molecular weight excluding hydrogens is 404 g/mol. The molecule has 0 saturated carbocycles. The number of hydrogen-bond acceptors (Lipinski definition) is 4. The van der Waals surface area contributed by atoms with Gasteiger partial charge in [0.25, 0.3) is 5.91 Å². The van der Waals surface area contributed by atoms with E-state index in [2.05, 4.69) is 6.92 Å². The van der Waals surface area contributed by atoms with E-state index in [4.69, 9.17) is 21.1 Å². The number of hydrogen-bond donors (Lipinski definition) is 0. The SMILES string of the molecule is CCCOc1c(Cl)cc(C(=O)N2CCC(C(=O)N3CCC(C)CC3)CC2)cc1OC. The fourth-order valence-corrected chi connectivity index (χ4v) is 4.45. The second kappa shape index (κ2) is 10.4. The number of nitrogens with zero attached hydrogens (tertiary/aromatic N) is 2. The van der Waals surface area contributed by atoms with Crippen LogP contribution in [-0.2, 0) is 4.79 Å². The molecule has 30 heavy (non-hydrogen) atoms. The molecule has 2 aliphatic heterocycles. The van der Waals surface area contributed by atoms with Gasteiger partial charge in [-0.25, -0.2) is 0 Å². The summed E-state index contributed by atoms with van der Waals surface area (Å²) in [7, 11) is 1.54. The summed E-state index contributed by atoms with van der Waals surface area (Å²) in [5.41, 5.74) is 0.482. The molecule has 0 bridgehead atoms. The Hall–Kier alpha value is -1.95. The van der Waals surface area contributed by atoms with Crippen LogP contribution in [0.1, 0.15) is 56.3 Å². The average molecular weight is 437 g/mol. The molecule has 0 atom stereocenters. The number of carbonyl (C=O) groups is 2. The lowest BCUT2D eigenvalue weighted by molar-refractivity contribution is -0.138. The molecule has 3 rings (SSSR count). The molecule has 2 amide bonds. The molecule has 0 aliphatic carbocycles. The Morgan fingerprint density at radius 3 is 2.30 bits per heavy atom. The number of ether oxygens (including phenoxy) is 2. The molecule has 2 aliphatic rings. The Balaban J connectivity index is 1.61. The first-order chi connectivity index (χ1) is 14.4. The highest BCUT2D eigenvalue weighted by Crippen LogP contribution is 2.37. The first-order valence-corrected chi connectivity index (χ1v) is 11.4. The molecule has 166 valence electrons. The van der Waals surface area contributed by atoms with E-state index in [0.29, 0.717) is 60.5 Å². The van der Waals surface area contributed by atoms with E-state index in [1.54, 1.807) is 17.0 Å². The van der Waals surface area contributed by atoms with Gasteiger partial charge in [0.15, 0.2) is 11.5 Å². The van der Waals surface area contributed by atoms with Crippen LogP contribution >= 0.6 is 11.6 Å². The van der Waals surface area contributed by atoms with Crippen molar-refractivity contribution in [1.82, 2.24) is 9.80 Å². The minimum absolute atomic E-state index is 0.0189. The van der Waals surface area contributed by atoms with E-state index in [0.717, 1.165) is 32.4 Å². The van der Waals surface area contributed by atoms with Gasteiger partial charge in [-0.2, -0.15) is 0 Å². The van der Waals surface area contributed by atoms with E-state index < -0.39 is 0 Å². The summed E-state index contributed by atoms with van der Waals surface area (Å²) in [5, 5.41) is 0.371. The molecule has 2 saturated heterocycles. The molecule has 7 heteroatoms. The van der Waals surface area contributed by atoms with Crippen molar-refractivity contribution in [2.45, 2.75) is 46.0 Å². The second-order valence-electron chi connectivity index (χ2n) is 8.41. The van der Waals surface area contributed by atoms with Crippen LogP contribution in [0.5, 0.6) is 11.5 Å². The lowest BCUT2D eigenvalue weighted by atomic mass is 9.92. The number of amides is 2. The van der Waals surface area contributed by atoms with E-state index in [-0.39, 0.29) is 17.7 Å². The van der Waals surface area contributed by atoms with Crippen molar-refractivity contribution in [2.75, 3.05) is 39.9 Å². The molecular formula is C23H33ClN2O4. The predicted octanol–water partition coefficient (Wildman–Crippen LogP) is 4.25. The van der Waals surface area contributed by atoms with Crippen molar-refractivity contribution in [3.63, 3.8) is 0 Å². The van der Waals surface area contributed by atoms with Crippen LogP contribution in [0.25, 0.3) is 0 Å². The third-order valence-electron chi connectivity index (χ3n) is 6.15. The Labute approximate surface area is 184 Å². The van der Waals surface area contributed by atoms with Crippen LogP contribution in [-0.4, -0.2) is 61.5 Å². The largest absolute Gasteiger partial charge is 0.493 e. The molecule has 0 spiro atoms. The Kier molecular flexibility index (Phi) is 7.87. The predicted molar refractivity (Wildman–Crippen MR) is 117 cm³/mol. The van der Waals surface area contributed by atoms with E-state index >= 15 is 0 Å². The summed E-state index contributed by atoms with van der Waals surface area (Å²) in [6, 6.07) is 3.33. The van der Waals surface area contributed by atoms with Crippen molar-refractivity contribution >= 4 is 23.4 Å². The first kappa shape index (κ1) is 22.7. The van der Waals surface area contributed by atoms with Crippen molar-refractivity contribution in [2.24, 2.45) is 11.8 Å². The summed E-state index contributed by atoms with van der Waals surface area (Å²) in [6.45, 7) is 7.67. The number of halogens is 1.